The number of amides is 1. The van der Waals surface area contributed by atoms with Crippen molar-refractivity contribution in [2.45, 2.75) is 36.9 Å². The Kier molecular flexibility index (Phi) is 4.94. The van der Waals surface area contributed by atoms with Gasteiger partial charge in [0.05, 0.1) is 11.8 Å². The zero-order chi connectivity index (χ0) is 14.5. The summed E-state index contributed by atoms with van der Waals surface area (Å²) in [5.74, 6) is -0.633. The van der Waals surface area contributed by atoms with Crippen LogP contribution in [-0.2, 0) is 9.59 Å². The molecule has 0 unspecified atom stereocenters. The van der Waals surface area contributed by atoms with Crippen molar-refractivity contribution >= 4 is 23.6 Å². The number of carboxylic acid groups (broad SMARTS) is 1. The predicted octanol–water partition coefficient (Wildman–Crippen LogP) is 0.423. The van der Waals surface area contributed by atoms with Crippen LogP contribution in [0.15, 0.2) is 5.16 Å². The van der Waals surface area contributed by atoms with Gasteiger partial charge < -0.3 is 10.0 Å². The van der Waals surface area contributed by atoms with Gasteiger partial charge in [0.15, 0.2) is 0 Å². The summed E-state index contributed by atoms with van der Waals surface area (Å²) in [6.07, 6.45) is 2.70. The molecule has 1 aromatic rings. The number of carbonyl (C=O) groups is 2. The molecule has 1 aromatic heterocycles. The van der Waals surface area contributed by atoms with Crippen molar-refractivity contribution in [3.05, 3.63) is 0 Å². The van der Waals surface area contributed by atoms with Crippen LogP contribution >= 0.6 is 11.8 Å². The predicted molar refractivity (Wildman–Crippen MR) is 71.3 cm³/mol. The molecule has 8 nitrogen and oxygen atoms in total. The van der Waals surface area contributed by atoms with Gasteiger partial charge in [0.1, 0.15) is 0 Å². The minimum Gasteiger partial charge on any atom is -0.481 e. The van der Waals surface area contributed by atoms with Gasteiger partial charge >= 0.3 is 5.97 Å². The van der Waals surface area contributed by atoms with E-state index in [1.54, 1.807) is 16.6 Å². The molecule has 1 saturated carbocycles. The van der Waals surface area contributed by atoms with E-state index in [1.165, 1.54) is 11.8 Å². The average molecular weight is 299 g/mol. The van der Waals surface area contributed by atoms with Gasteiger partial charge in [0.2, 0.25) is 11.1 Å². The number of tetrazole rings is 1. The highest BCUT2D eigenvalue weighted by atomic mass is 32.2. The van der Waals surface area contributed by atoms with Gasteiger partial charge in [-0.1, -0.05) is 11.8 Å². The molecule has 1 heterocycles. The molecule has 110 valence electrons. The number of carbonyl (C=O) groups excluding carboxylic acids is 1. The van der Waals surface area contributed by atoms with Gasteiger partial charge in [-0.05, 0) is 29.7 Å². The van der Waals surface area contributed by atoms with E-state index in [0.29, 0.717) is 24.2 Å². The summed E-state index contributed by atoms with van der Waals surface area (Å²) in [5.41, 5.74) is 0. The summed E-state index contributed by atoms with van der Waals surface area (Å²) in [7, 11) is 1.68. The Balaban J connectivity index is 1.73. The van der Waals surface area contributed by atoms with E-state index in [2.05, 4.69) is 15.5 Å². The molecule has 0 atom stereocenters. The summed E-state index contributed by atoms with van der Waals surface area (Å²) in [6, 6.07) is 0.385. The smallest absolute Gasteiger partial charge is 0.303 e. The number of hydrogen-bond donors (Lipinski definition) is 1. The van der Waals surface area contributed by atoms with Crippen LogP contribution < -0.4 is 0 Å². The second-order valence-corrected chi connectivity index (χ2v) is 5.68. The number of rotatable bonds is 8. The first-order chi connectivity index (χ1) is 9.58. The highest BCUT2D eigenvalue weighted by Crippen LogP contribution is 2.36. The lowest BCUT2D eigenvalue weighted by Gasteiger charge is -2.16. The third kappa shape index (κ3) is 4.19. The zero-order valence-corrected chi connectivity index (χ0v) is 12.0. The SMILES string of the molecule is CN(CCCC(=O)O)C(=O)CSc1nnnn1C1CC1. The maximum atomic E-state index is 11.9. The standard InChI is InChI=1S/C11H17N5O3S/c1-15(6-2-3-10(18)19)9(17)7-20-11-12-13-14-16(11)8-4-5-8/h8H,2-7H2,1H3,(H,18,19). The normalized spacial score (nSPS) is 14.2. The van der Waals surface area contributed by atoms with Crippen LogP contribution in [0, 0.1) is 0 Å². The van der Waals surface area contributed by atoms with E-state index in [1.807, 2.05) is 0 Å². The fourth-order valence-corrected chi connectivity index (χ4v) is 2.54. The largest absolute Gasteiger partial charge is 0.481 e. The molecule has 0 spiro atoms. The first kappa shape index (κ1) is 14.8. The molecular formula is C11H17N5O3S. The average Bonchev–Trinajstić information content (AvgIpc) is 3.14. The monoisotopic (exact) mass is 299 g/mol. The van der Waals surface area contributed by atoms with Gasteiger partial charge in [-0.15, -0.1) is 5.10 Å². The molecule has 1 N–H and O–H groups in total. The van der Waals surface area contributed by atoms with E-state index in [0.717, 1.165) is 12.8 Å². The van der Waals surface area contributed by atoms with Crippen LogP contribution in [0.3, 0.4) is 0 Å². The van der Waals surface area contributed by atoms with Crippen molar-refractivity contribution < 1.29 is 14.7 Å². The lowest BCUT2D eigenvalue weighted by Crippen LogP contribution is -2.29. The van der Waals surface area contributed by atoms with E-state index in [-0.39, 0.29) is 18.1 Å². The van der Waals surface area contributed by atoms with Crippen molar-refractivity contribution in [3.63, 3.8) is 0 Å². The number of aliphatic carboxylic acids is 1. The second kappa shape index (κ2) is 6.69. The third-order valence-electron chi connectivity index (χ3n) is 2.99. The molecule has 1 aliphatic carbocycles. The zero-order valence-electron chi connectivity index (χ0n) is 11.2. The molecular weight excluding hydrogens is 282 g/mol. The Bertz CT molecular complexity index is 488. The first-order valence-electron chi connectivity index (χ1n) is 6.44. The van der Waals surface area contributed by atoms with Crippen LogP contribution in [-0.4, -0.2) is 61.4 Å². The Morgan fingerprint density at radius 2 is 2.25 bits per heavy atom. The van der Waals surface area contributed by atoms with Gasteiger partial charge in [0, 0.05) is 20.0 Å². The first-order valence-corrected chi connectivity index (χ1v) is 7.43. The summed E-state index contributed by atoms with van der Waals surface area (Å²) in [6.45, 7) is 0.444. The van der Waals surface area contributed by atoms with Crippen LogP contribution in [0.1, 0.15) is 31.7 Å². The number of carboxylic acids is 1. The molecule has 0 radical (unpaired) electrons. The van der Waals surface area contributed by atoms with E-state index < -0.39 is 5.97 Å². The van der Waals surface area contributed by atoms with Crippen molar-refractivity contribution in [2.75, 3.05) is 19.3 Å². The summed E-state index contributed by atoms with van der Waals surface area (Å²) >= 11 is 1.32. The van der Waals surface area contributed by atoms with Gasteiger partial charge in [0.25, 0.3) is 0 Å². The van der Waals surface area contributed by atoms with E-state index in [4.69, 9.17) is 5.11 Å². The topological polar surface area (TPSA) is 101 Å². The quantitative estimate of drug-likeness (QED) is 0.694. The van der Waals surface area contributed by atoms with E-state index >= 15 is 0 Å². The maximum absolute atomic E-state index is 11.9. The lowest BCUT2D eigenvalue weighted by atomic mass is 10.3. The maximum Gasteiger partial charge on any atom is 0.303 e. The highest BCUT2D eigenvalue weighted by molar-refractivity contribution is 7.99. The Morgan fingerprint density at radius 3 is 2.90 bits per heavy atom. The molecule has 1 fully saturated rings. The molecule has 0 saturated heterocycles. The van der Waals surface area contributed by atoms with Crippen LogP contribution in [0.25, 0.3) is 0 Å². The molecule has 1 amide bonds. The van der Waals surface area contributed by atoms with Gasteiger partial charge in [-0.2, -0.15) is 0 Å². The summed E-state index contributed by atoms with van der Waals surface area (Å²) < 4.78 is 1.77. The van der Waals surface area contributed by atoms with Gasteiger partial charge in [-0.25, -0.2) is 4.68 Å². The number of thioether (sulfide) groups is 1. The third-order valence-corrected chi connectivity index (χ3v) is 3.91. The number of nitrogens with zero attached hydrogens (tertiary/aromatic N) is 5. The van der Waals surface area contributed by atoms with Crippen molar-refractivity contribution in [1.82, 2.24) is 25.1 Å². The fraction of sp³-hybridized carbons (Fsp3) is 0.727. The van der Waals surface area contributed by atoms with Crippen molar-refractivity contribution in [3.8, 4) is 0 Å². The molecule has 2 rings (SSSR count). The van der Waals surface area contributed by atoms with Crippen molar-refractivity contribution in [2.24, 2.45) is 0 Å². The van der Waals surface area contributed by atoms with Gasteiger partial charge in [-0.3, -0.25) is 9.59 Å². The molecule has 1 aliphatic rings. The van der Waals surface area contributed by atoms with Crippen LogP contribution in [0.5, 0.6) is 0 Å². The minimum absolute atomic E-state index is 0.0502. The van der Waals surface area contributed by atoms with E-state index in [9.17, 15) is 9.59 Å². The Morgan fingerprint density at radius 1 is 1.50 bits per heavy atom. The summed E-state index contributed by atoms with van der Waals surface area (Å²) in [5, 5.41) is 20.7. The minimum atomic E-state index is -0.844. The number of aromatic nitrogens is 4. The number of hydrogen-bond acceptors (Lipinski definition) is 6. The highest BCUT2D eigenvalue weighted by Gasteiger charge is 2.28. The molecule has 20 heavy (non-hydrogen) atoms. The molecule has 9 heteroatoms. The summed E-state index contributed by atoms with van der Waals surface area (Å²) in [4.78, 5) is 23.8. The Hall–Kier alpha value is -1.64. The fourth-order valence-electron chi connectivity index (χ4n) is 1.66. The molecule has 0 bridgehead atoms. The van der Waals surface area contributed by atoms with Crippen LogP contribution in [0.4, 0.5) is 0 Å². The molecule has 0 aromatic carbocycles. The Labute approximate surface area is 120 Å². The molecule has 0 aliphatic heterocycles. The van der Waals surface area contributed by atoms with Crippen LogP contribution in [0.2, 0.25) is 0 Å². The second-order valence-electron chi connectivity index (χ2n) is 4.74. The lowest BCUT2D eigenvalue weighted by molar-refractivity contribution is -0.137. The van der Waals surface area contributed by atoms with Crippen molar-refractivity contribution in [1.29, 1.82) is 0 Å².